The molecule has 0 saturated carbocycles. The summed E-state index contributed by atoms with van der Waals surface area (Å²) in [6.45, 7) is 5.10. The Morgan fingerprint density at radius 2 is 2.05 bits per heavy atom. The number of rotatable bonds is 3. The van der Waals surface area contributed by atoms with Gasteiger partial charge in [-0.25, -0.2) is 0 Å². The molecule has 1 heterocycles. The van der Waals surface area contributed by atoms with Gasteiger partial charge in [-0.1, -0.05) is 6.07 Å². The van der Waals surface area contributed by atoms with E-state index in [0.717, 1.165) is 35.7 Å². The first-order valence-electron chi connectivity index (χ1n) is 7.21. The third kappa shape index (κ3) is 3.76. The van der Waals surface area contributed by atoms with Crippen LogP contribution in [-0.4, -0.2) is 49.4 Å². The first kappa shape index (κ1) is 15.4. The average Bonchev–Trinajstić information content (AvgIpc) is 2.43. The van der Waals surface area contributed by atoms with Crippen molar-refractivity contribution in [1.29, 1.82) is 0 Å². The molecule has 0 N–H and O–H groups in total. The molecule has 1 aliphatic rings. The number of hydrogen-bond donors (Lipinski definition) is 1. The van der Waals surface area contributed by atoms with Crippen molar-refractivity contribution in [2.45, 2.75) is 24.7 Å². The lowest BCUT2D eigenvalue weighted by molar-refractivity contribution is 0.0746. The molecule has 3 nitrogen and oxygen atoms in total. The zero-order valence-corrected chi connectivity index (χ0v) is 13.5. The number of hydrogen-bond acceptors (Lipinski definition) is 3. The largest absolute Gasteiger partial charge is 0.341 e. The summed E-state index contributed by atoms with van der Waals surface area (Å²) in [5.41, 5.74) is 1.79. The summed E-state index contributed by atoms with van der Waals surface area (Å²) in [4.78, 5) is 17.6. The molecule has 4 heteroatoms. The molecule has 0 aromatic heterocycles. The Bertz CT molecular complexity index is 481. The van der Waals surface area contributed by atoms with E-state index in [9.17, 15) is 4.79 Å². The predicted octanol–water partition coefficient (Wildman–Crippen LogP) is 2.70. The van der Waals surface area contributed by atoms with E-state index in [1.807, 2.05) is 37.1 Å². The summed E-state index contributed by atoms with van der Waals surface area (Å²) in [6, 6.07) is 5.75. The molecule has 1 aliphatic heterocycles. The third-order valence-electron chi connectivity index (χ3n) is 4.17. The lowest BCUT2D eigenvalue weighted by atomic mass is 9.96. The standard InChI is InChI=1S/C16H24N2OS/c1-12-4-5-14(20)10-15(12)16(19)18(3)11-13-6-8-17(2)9-7-13/h4-5,10,13,20H,6-9,11H2,1-3H3. The van der Waals surface area contributed by atoms with Crippen molar-refractivity contribution < 1.29 is 4.79 Å². The van der Waals surface area contributed by atoms with Crippen molar-refractivity contribution in [3.8, 4) is 0 Å². The fraction of sp³-hybridized carbons (Fsp3) is 0.562. The molecule has 110 valence electrons. The smallest absolute Gasteiger partial charge is 0.253 e. The van der Waals surface area contributed by atoms with Crippen LogP contribution >= 0.6 is 12.6 Å². The minimum Gasteiger partial charge on any atom is -0.341 e. The molecule has 2 rings (SSSR count). The van der Waals surface area contributed by atoms with E-state index in [0.29, 0.717) is 5.92 Å². The number of carbonyl (C=O) groups is 1. The van der Waals surface area contributed by atoms with Gasteiger partial charge in [-0.3, -0.25) is 4.79 Å². The van der Waals surface area contributed by atoms with Gasteiger partial charge in [-0.2, -0.15) is 0 Å². The summed E-state index contributed by atoms with van der Waals surface area (Å²) in [5.74, 6) is 0.733. The molecule has 0 bridgehead atoms. The molecule has 0 atom stereocenters. The second-order valence-corrected chi connectivity index (χ2v) is 6.45. The highest BCUT2D eigenvalue weighted by Crippen LogP contribution is 2.20. The Morgan fingerprint density at radius 1 is 1.40 bits per heavy atom. The monoisotopic (exact) mass is 292 g/mol. The number of thiol groups is 1. The van der Waals surface area contributed by atoms with Gasteiger partial charge in [0.05, 0.1) is 0 Å². The van der Waals surface area contributed by atoms with E-state index < -0.39 is 0 Å². The van der Waals surface area contributed by atoms with E-state index in [1.54, 1.807) is 0 Å². The van der Waals surface area contributed by atoms with Gasteiger partial charge in [-0.05, 0) is 63.5 Å². The van der Waals surface area contributed by atoms with Crippen molar-refractivity contribution in [2.24, 2.45) is 5.92 Å². The first-order chi connectivity index (χ1) is 9.47. The lowest BCUT2D eigenvalue weighted by Crippen LogP contribution is -2.38. The van der Waals surface area contributed by atoms with E-state index in [-0.39, 0.29) is 5.91 Å². The highest BCUT2D eigenvalue weighted by atomic mass is 32.1. The Balaban J connectivity index is 1.99. The maximum atomic E-state index is 12.5. The van der Waals surface area contributed by atoms with Crippen molar-refractivity contribution in [3.05, 3.63) is 29.3 Å². The van der Waals surface area contributed by atoms with E-state index >= 15 is 0 Å². The van der Waals surface area contributed by atoms with Crippen LogP contribution in [0.1, 0.15) is 28.8 Å². The second-order valence-electron chi connectivity index (χ2n) is 5.93. The fourth-order valence-corrected chi connectivity index (χ4v) is 2.96. The van der Waals surface area contributed by atoms with Crippen LogP contribution in [0.25, 0.3) is 0 Å². The van der Waals surface area contributed by atoms with Crippen molar-refractivity contribution >= 4 is 18.5 Å². The Kier molecular flexibility index (Phi) is 5.11. The lowest BCUT2D eigenvalue weighted by Gasteiger charge is -2.31. The molecule has 0 aliphatic carbocycles. The predicted molar refractivity (Wildman–Crippen MR) is 85.6 cm³/mol. The van der Waals surface area contributed by atoms with Gasteiger partial charge in [0, 0.05) is 24.1 Å². The molecule has 1 saturated heterocycles. The number of likely N-dealkylation sites (tertiary alicyclic amines) is 1. The van der Waals surface area contributed by atoms with Crippen LogP contribution in [0.2, 0.25) is 0 Å². The molecule has 1 fully saturated rings. The van der Waals surface area contributed by atoms with Gasteiger partial charge >= 0.3 is 0 Å². The van der Waals surface area contributed by atoms with Gasteiger partial charge < -0.3 is 9.80 Å². The van der Waals surface area contributed by atoms with Gasteiger partial charge in [0.25, 0.3) is 5.91 Å². The Morgan fingerprint density at radius 3 is 2.70 bits per heavy atom. The maximum absolute atomic E-state index is 12.5. The van der Waals surface area contributed by atoms with Crippen molar-refractivity contribution in [3.63, 3.8) is 0 Å². The average molecular weight is 292 g/mol. The molecule has 0 unspecified atom stereocenters. The van der Waals surface area contributed by atoms with E-state index in [2.05, 4.69) is 24.6 Å². The Labute approximate surface area is 127 Å². The van der Waals surface area contributed by atoms with Crippen LogP contribution in [0, 0.1) is 12.8 Å². The molecule has 0 spiro atoms. The van der Waals surface area contributed by atoms with Crippen LogP contribution in [0.4, 0.5) is 0 Å². The molecular formula is C16H24N2OS. The van der Waals surface area contributed by atoms with Crippen LogP contribution in [0.3, 0.4) is 0 Å². The van der Waals surface area contributed by atoms with Gasteiger partial charge in [0.1, 0.15) is 0 Å². The molecule has 20 heavy (non-hydrogen) atoms. The van der Waals surface area contributed by atoms with Crippen LogP contribution in [0.5, 0.6) is 0 Å². The number of nitrogens with zero attached hydrogens (tertiary/aromatic N) is 2. The third-order valence-corrected chi connectivity index (χ3v) is 4.45. The van der Waals surface area contributed by atoms with Gasteiger partial charge in [-0.15, -0.1) is 12.6 Å². The molecule has 0 radical (unpaired) electrons. The van der Waals surface area contributed by atoms with Crippen molar-refractivity contribution in [1.82, 2.24) is 9.80 Å². The Hall–Kier alpha value is -1.00. The molecule has 1 aromatic rings. The van der Waals surface area contributed by atoms with Crippen LogP contribution in [0.15, 0.2) is 23.1 Å². The van der Waals surface area contributed by atoms with Crippen LogP contribution in [-0.2, 0) is 0 Å². The molecular weight excluding hydrogens is 268 g/mol. The number of piperidine rings is 1. The highest BCUT2D eigenvalue weighted by molar-refractivity contribution is 7.80. The van der Waals surface area contributed by atoms with E-state index in [4.69, 9.17) is 0 Å². The van der Waals surface area contributed by atoms with Gasteiger partial charge in [0.2, 0.25) is 0 Å². The minimum atomic E-state index is 0.109. The highest BCUT2D eigenvalue weighted by Gasteiger charge is 2.21. The van der Waals surface area contributed by atoms with E-state index in [1.165, 1.54) is 12.8 Å². The normalized spacial score (nSPS) is 17.2. The topological polar surface area (TPSA) is 23.6 Å². The zero-order chi connectivity index (χ0) is 14.7. The summed E-state index contributed by atoms with van der Waals surface area (Å²) in [7, 11) is 4.07. The van der Waals surface area contributed by atoms with Crippen LogP contribution < -0.4 is 0 Å². The molecule has 1 amide bonds. The minimum absolute atomic E-state index is 0.109. The van der Waals surface area contributed by atoms with Gasteiger partial charge in [0.15, 0.2) is 0 Å². The maximum Gasteiger partial charge on any atom is 0.253 e. The second kappa shape index (κ2) is 6.64. The summed E-state index contributed by atoms with van der Waals surface area (Å²) < 4.78 is 0. The summed E-state index contributed by atoms with van der Waals surface area (Å²) >= 11 is 4.33. The SMILES string of the molecule is Cc1ccc(S)cc1C(=O)N(C)CC1CCN(C)CC1. The quantitative estimate of drug-likeness (QED) is 0.866. The van der Waals surface area contributed by atoms with Crippen molar-refractivity contribution in [2.75, 3.05) is 33.7 Å². The number of amides is 1. The first-order valence-corrected chi connectivity index (χ1v) is 7.65. The summed E-state index contributed by atoms with van der Waals surface area (Å²) in [5, 5.41) is 0. The zero-order valence-electron chi connectivity index (χ0n) is 12.6. The number of benzene rings is 1. The number of aryl methyl sites for hydroxylation is 1. The fourth-order valence-electron chi connectivity index (χ4n) is 2.76. The molecule has 1 aromatic carbocycles. The summed E-state index contributed by atoms with van der Waals surface area (Å²) in [6.07, 6.45) is 2.36. The number of carbonyl (C=O) groups excluding carboxylic acids is 1.